The molecular weight excluding hydrogens is 217 g/mol. The number of benzene rings is 1. The number of halogens is 2. The van der Waals surface area contributed by atoms with Gasteiger partial charge in [0.25, 0.3) is 0 Å². The summed E-state index contributed by atoms with van der Waals surface area (Å²) in [6, 6.07) is 5.91. The summed E-state index contributed by atoms with van der Waals surface area (Å²) in [7, 11) is 0. The molecule has 1 rings (SSSR count). The topological polar surface area (TPSA) is 26.0 Å². The normalized spacial score (nSPS) is 11.6. The fraction of sp³-hybridized carbons (Fsp3) is 0.273. The number of rotatable bonds is 3. The van der Waals surface area contributed by atoms with Crippen LogP contribution in [0.15, 0.2) is 30.9 Å². The van der Waals surface area contributed by atoms with Crippen LogP contribution in [0, 0.1) is 6.92 Å². The van der Waals surface area contributed by atoms with Crippen molar-refractivity contribution in [1.82, 2.24) is 0 Å². The van der Waals surface area contributed by atoms with Gasteiger partial charge in [0.05, 0.1) is 0 Å². The van der Waals surface area contributed by atoms with Gasteiger partial charge in [-0.25, -0.2) is 0 Å². The first-order valence-corrected chi connectivity index (χ1v) is 4.65. The molecular formula is C11H15Cl2N. The van der Waals surface area contributed by atoms with Crippen LogP contribution in [0.1, 0.15) is 23.6 Å². The third-order valence-electron chi connectivity index (χ3n) is 2.03. The molecule has 0 unspecified atom stereocenters. The SMILES string of the molecule is C=CC[C@@H](N)c1ccc(Cl)c(C)c1.Cl. The molecule has 0 fully saturated rings. The molecule has 1 atom stereocenters. The first-order chi connectivity index (χ1) is 6.15. The van der Waals surface area contributed by atoms with Gasteiger partial charge in [0.2, 0.25) is 0 Å². The highest BCUT2D eigenvalue weighted by Gasteiger charge is 2.04. The Bertz CT molecular complexity index is 310. The van der Waals surface area contributed by atoms with E-state index in [0.717, 1.165) is 22.6 Å². The molecule has 0 radical (unpaired) electrons. The van der Waals surface area contributed by atoms with E-state index in [4.69, 9.17) is 17.3 Å². The molecule has 1 aromatic carbocycles. The summed E-state index contributed by atoms with van der Waals surface area (Å²) in [6.45, 7) is 5.64. The van der Waals surface area contributed by atoms with Crippen molar-refractivity contribution in [3.05, 3.63) is 47.0 Å². The first-order valence-electron chi connectivity index (χ1n) is 4.27. The standard InChI is InChI=1S/C11H14ClN.ClH/c1-3-4-11(13)9-5-6-10(12)8(2)7-9;/h3,5-7,11H,1,4,13H2,2H3;1H/t11-;/m1./s1. The minimum atomic E-state index is 0. The predicted octanol–water partition coefficient (Wildman–Crippen LogP) is 3.65. The average molecular weight is 232 g/mol. The molecule has 78 valence electrons. The van der Waals surface area contributed by atoms with Crippen molar-refractivity contribution in [1.29, 1.82) is 0 Å². The van der Waals surface area contributed by atoms with Gasteiger partial charge in [-0.2, -0.15) is 0 Å². The maximum Gasteiger partial charge on any atom is 0.0435 e. The smallest absolute Gasteiger partial charge is 0.0435 e. The quantitative estimate of drug-likeness (QED) is 0.791. The minimum Gasteiger partial charge on any atom is -0.324 e. The zero-order valence-corrected chi connectivity index (χ0v) is 9.74. The maximum absolute atomic E-state index is 5.91. The second kappa shape index (κ2) is 6.07. The zero-order valence-electron chi connectivity index (χ0n) is 8.16. The van der Waals surface area contributed by atoms with Crippen LogP contribution >= 0.6 is 24.0 Å². The van der Waals surface area contributed by atoms with Crippen LogP contribution in [0.3, 0.4) is 0 Å². The van der Waals surface area contributed by atoms with E-state index in [1.54, 1.807) is 0 Å². The highest BCUT2D eigenvalue weighted by molar-refractivity contribution is 6.31. The second-order valence-corrected chi connectivity index (χ2v) is 3.55. The Hall–Kier alpha value is -0.500. The van der Waals surface area contributed by atoms with Gasteiger partial charge in [0.15, 0.2) is 0 Å². The molecule has 0 aliphatic rings. The molecule has 14 heavy (non-hydrogen) atoms. The summed E-state index contributed by atoms with van der Waals surface area (Å²) in [4.78, 5) is 0. The maximum atomic E-state index is 5.91. The van der Waals surface area contributed by atoms with E-state index in [9.17, 15) is 0 Å². The zero-order chi connectivity index (χ0) is 9.84. The minimum absolute atomic E-state index is 0. The van der Waals surface area contributed by atoms with Crippen LogP contribution in [0.5, 0.6) is 0 Å². The van der Waals surface area contributed by atoms with Gasteiger partial charge in [-0.05, 0) is 30.5 Å². The Morgan fingerprint density at radius 2 is 2.21 bits per heavy atom. The monoisotopic (exact) mass is 231 g/mol. The van der Waals surface area contributed by atoms with E-state index in [1.165, 1.54) is 0 Å². The Morgan fingerprint density at radius 3 is 2.71 bits per heavy atom. The average Bonchev–Trinajstić information content (AvgIpc) is 2.10. The van der Waals surface area contributed by atoms with E-state index >= 15 is 0 Å². The summed E-state index contributed by atoms with van der Waals surface area (Å²) in [5.41, 5.74) is 8.09. The van der Waals surface area contributed by atoms with E-state index in [0.29, 0.717) is 0 Å². The van der Waals surface area contributed by atoms with E-state index in [2.05, 4.69) is 6.58 Å². The van der Waals surface area contributed by atoms with Crippen LogP contribution in [-0.2, 0) is 0 Å². The molecule has 0 aliphatic heterocycles. The van der Waals surface area contributed by atoms with Crippen molar-refractivity contribution in [3.8, 4) is 0 Å². The van der Waals surface area contributed by atoms with Gasteiger partial charge in [0, 0.05) is 11.1 Å². The molecule has 3 heteroatoms. The molecule has 0 aromatic heterocycles. The lowest BCUT2D eigenvalue weighted by Crippen LogP contribution is -2.08. The third kappa shape index (κ3) is 3.33. The van der Waals surface area contributed by atoms with Gasteiger partial charge in [-0.1, -0.05) is 29.8 Å². The summed E-state index contributed by atoms with van der Waals surface area (Å²) < 4.78 is 0. The van der Waals surface area contributed by atoms with Crippen LogP contribution in [0.4, 0.5) is 0 Å². The van der Waals surface area contributed by atoms with Crippen LogP contribution in [-0.4, -0.2) is 0 Å². The summed E-state index contributed by atoms with van der Waals surface area (Å²) >= 11 is 5.90. The fourth-order valence-electron chi connectivity index (χ4n) is 1.21. The largest absolute Gasteiger partial charge is 0.324 e. The number of aryl methyl sites for hydroxylation is 1. The molecule has 0 amide bonds. The van der Waals surface area contributed by atoms with Gasteiger partial charge < -0.3 is 5.73 Å². The van der Waals surface area contributed by atoms with Crippen molar-refractivity contribution in [2.45, 2.75) is 19.4 Å². The van der Waals surface area contributed by atoms with Crippen molar-refractivity contribution in [3.63, 3.8) is 0 Å². The van der Waals surface area contributed by atoms with Crippen molar-refractivity contribution < 1.29 is 0 Å². The van der Waals surface area contributed by atoms with Gasteiger partial charge in [-0.15, -0.1) is 19.0 Å². The van der Waals surface area contributed by atoms with Crippen molar-refractivity contribution in [2.75, 3.05) is 0 Å². The van der Waals surface area contributed by atoms with Crippen molar-refractivity contribution >= 4 is 24.0 Å². The number of hydrogen-bond acceptors (Lipinski definition) is 1. The lowest BCUT2D eigenvalue weighted by molar-refractivity contribution is 0.741. The summed E-state index contributed by atoms with van der Waals surface area (Å²) in [5, 5.41) is 0.787. The Kier molecular flexibility index (Phi) is 5.86. The summed E-state index contributed by atoms with van der Waals surface area (Å²) in [6.07, 6.45) is 2.62. The molecule has 0 saturated carbocycles. The van der Waals surface area contributed by atoms with E-state index in [1.807, 2.05) is 31.2 Å². The molecule has 0 bridgehead atoms. The third-order valence-corrected chi connectivity index (χ3v) is 2.45. The molecule has 1 aromatic rings. The molecule has 0 saturated heterocycles. The van der Waals surface area contributed by atoms with Gasteiger partial charge >= 0.3 is 0 Å². The van der Waals surface area contributed by atoms with Crippen molar-refractivity contribution in [2.24, 2.45) is 5.73 Å². The van der Waals surface area contributed by atoms with Gasteiger partial charge in [0.1, 0.15) is 0 Å². The first kappa shape index (κ1) is 13.5. The highest BCUT2D eigenvalue weighted by atomic mass is 35.5. The number of nitrogens with two attached hydrogens (primary N) is 1. The van der Waals surface area contributed by atoms with E-state index < -0.39 is 0 Å². The Morgan fingerprint density at radius 1 is 1.57 bits per heavy atom. The molecule has 2 N–H and O–H groups in total. The fourth-order valence-corrected chi connectivity index (χ4v) is 1.33. The Labute approximate surface area is 96.4 Å². The number of hydrogen-bond donors (Lipinski definition) is 1. The second-order valence-electron chi connectivity index (χ2n) is 3.14. The molecule has 1 nitrogen and oxygen atoms in total. The highest BCUT2D eigenvalue weighted by Crippen LogP contribution is 2.21. The molecule has 0 spiro atoms. The van der Waals surface area contributed by atoms with Crippen LogP contribution < -0.4 is 5.73 Å². The van der Waals surface area contributed by atoms with E-state index in [-0.39, 0.29) is 18.4 Å². The predicted molar refractivity (Wildman–Crippen MR) is 65.2 cm³/mol. The van der Waals surface area contributed by atoms with Crippen LogP contribution in [0.2, 0.25) is 5.02 Å². The summed E-state index contributed by atoms with van der Waals surface area (Å²) in [5.74, 6) is 0. The lowest BCUT2D eigenvalue weighted by atomic mass is 10.0. The Balaban J connectivity index is 0.00000169. The van der Waals surface area contributed by atoms with Crippen LogP contribution in [0.25, 0.3) is 0 Å². The lowest BCUT2D eigenvalue weighted by Gasteiger charge is -2.10. The van der Waals surface area contributed by atoms with Gasteiger partial charge in [-0.3, -0.25) is 0 Å². The molecule has 0 heterocycles. The molecule has 0 aliphatic carbocycles.